The number of carbonyl (C=O) groups excluding carboxylic acids is 1. The molecule has 2 aliphatic rings. The fraction of sp³-hybridized carbons (Fsp3) is 0.529. The van der Waals surface area contributed by atoms with Crippen LogP contribution in [0.15, 0.2) is 14.9 Å². The molecule has 0 saturated carbocycles. The third kappa shape index (κ3) is 2.26. The van der Waals surface area contributed by atoms with Gasteiger partial charge in [-0.25, -0.2) is 0 Å². The van der Waals surface area contributed by atoms with Gasteiger partial charge in [-0.15, -0.1) is 23.1 Å². The second-order valence-corrected chi connectivity index (χ2v) is 9.00. The third-order valence-corrected chi connectivity index (χ3v) is 7.23. The second-order valence-electron chi connectivity index (χ2n) is 6.90. The topological polar surface area (TPSA) is 46.3 Å². The molecule has 0 spiro atoms. The Hall–Kier alpha value is -1.27. The Bertz CT molecular complexity index is 770. The molecule has 6 heteroatoms. The number of aromatic nitrogens is 1. The van der Waals surface area contributed by atoms with E-state index >= 15 is 0 Å². The van der Waals surface area contributed by atoms with Crippen LogP contribution in [0.2, 0.25) is 0 Å². The Morgan fingerprint density at radius 1 is 1.39 bits per heavy atom. The number of fused-ring (bicyclic) bond motifs is 3. The lowest BCUT2D eigenvalue weighted by Crippen LogP contribution is -2.30. The predicted octanol–water partition coefficient (Wildman–Crippen LogP) is 4.19. The fourth-order valence-corrected chi connectivity index (χ4v) is 5.68. The zero-order chi connectivity index (χ0) is 16.2. The van der Waals surface area contributed by atoms with E-state index in [2.05, 4.69) is 25.3 Å². The molecule has 23 heavy (non-hydrogen) atoms. The zero-order valence-electron chi connectivity index (χ0n) is 13.6. The van der Waals surface area contributed by atoms with Crippen molar-refractivity contribution in [3.8, 4) is 11.3 Å². The van der Waals surface area contributed by atoms with Gasteiger partial charge in [0.25, 0.3) is 5.91 Å². The van der Waals surface area contributed by atoms with Gasteiger partial charge in [0, 0.05) is 24.2 Å². The van der Waals surface area contributed by atoms with Crippen molar-refractivity contribution in [2.75, 3.05) is 19.3 Å². The molecule has 1 fully saturated rings. The van der Waals surface area contributed by atoms with Crippen LogP contribution in [0.25, 0.3) is 11.3 Å². The average Bonchev–Trinajstić information content (AvgIpc) is 3.24. The van der Waals surface area contributed by atoms with E-state index in [0.717, 1.165) is 63.9 Å². The van der Waals surface area contributed by atoms with Gasteiger partial charge in [0.05, 0.1) is 15.3 Å². The lowest BCUT2D eigenvalue weighted by atomic mass is 9.73. The Kier molecular flexibility index (Phi) is 3.57. The number of hydrogen-bond donors (Lipinski definition) is 0. The first-order chi connectivity index (χ1) is 11.0. The number of amides is 1. The van der Waals surface area contributed by atoms with Gasteiger partial charge in [0.15, 0.2) is 5.76 Å². The lowest BCUT2D eigenvalue weighted by molar-refractivity contribution is 0.0796. The van der Waals surface area contributed by atoms with Crippen molar-refractivity contribution < 1.29 is 9.32 Å². The lowest BCUT2D eigenvalue weighted by Gasteiger charge is -2.29. The number of rotatable bonds is 2. The van der Waals surface area contributed by atoms with Crippen LogP contribution < -0.4 is 0 Å². The molecule has 1 aliphatic heterocycles. The average molecular weight is 348 g/mol. The minimum atomic E-state index is -0.0564. The molecule has 0 radical (unpaired) electrons. The molecule has 1 aliphatic carbocycles. The van der Waals surface area contributed by atoms with Crippen molar-refractivity contribution in [1.29, 1.82) is 0 Å². The van der Waals surface area contributed by atoms with Crippen LogP contribution in [0.3, 0.4) is 0 Å². The van der Waals surface area contributed by atoms with Crippen molar-refractivity contribution in [3.63, 3.8) is 0 Å². The van der Waals surface area contributed by atoms with E-state index in [-0.39, 0.29) is 11.3 Å². The van der Waals surface area contributed by atoms with E-state index < -0.39 is 0 Å². The first-order valence-electron chi connectivity index (χ1n) is 7.97. The van der Waals surface area contributed by atoms with Gasteiger partial charge in [-0.05, 0) is 36.5 Å². The molecule has 2 aromatic rings. The van der Waals surface area contributed by atoms with E-state index in [9.17, 15) is 4.79 Å². The first-order valence-corrected chi connectivity index (χ1v) is 10.0. The van der Waals surface area contributed by atoms with E-state index in [1.807, 2.05) is 11.1 Å². The maximum atomic E-state index is 13.0. The van der Waals surface area contributed by atoms with Gasteiger partial charge in [-0.1, -0.05) is 19.0 Å². The molecule has 0 aromatic carbocycles. The first kappa shape index (κ1) is 15.3. The highest BCUT2D eigenvalue weighted by Crippen LogP contribution is 2.51. The van der Waals surface area contributed by atoms with Crippen molar-refractivity contribution in [2.45, 2.75) is 42.7 Å². The summed E-state index contributed by atoms with van der Waals surface area (Å²) >= 11 is 3.31. The summed E-state index contributed by atoms with van der Waals surface area (Å²) in [7, 11) is 0. The van der Waals surface area contributed by atoms with Crippen molar-refractivity contribution in [3.05, 3.63) is 22.2 Å². The van der Waals surface area contributed by atoms with Crippen LogP contribution in [0.1, 0.15) is 47.5 Å². The van der Waals surface area contributed by atoms with Gasteiger partial charge >= 0.3 is 0 Å². The van der Waals surface area contributed by atoms with E-state index in [0.29, 0.717) is 0 Å². The number of thiophene rings is 1. The molecule has 3 heterocycles. The summed E-state index contributed by atoms with van der Waals surface area (Å²) in [5.41, 5.74) is 3.36. The quantitative estimate of drug-likeness (QED) is 0.763. The highest BCUT2D eigenvalue weighted by Gasteiger charge is 2.40. The number of thioether (sulfide) groups is 1. The standard InChI is InChI=1S/C17H20N2O2S2/c1-17(2)8-10-12(13-11(17)9-18-21-13)16(22-3)23-14(10)15(20)19-6-4-5-7-19/h9H,4-8H2,1-3H3. The van der Waals surface area contributed by atoms with Gasteiger partial charge in [0.1, 0.15) is 0 Å². The molecular weight excluding hydrogens is 328 g/mol. The number of hydrogen-bond acceptors (Lipinski definition) is 5. The van der Waals surface area contributed by atoms with Gasteiger partial charge in [-0.2, -0.15) is 0 Å². The second kappa shape index (κ2) is 5.38. The number of likely N-dealkylation sites (tertiary alicyclic amines) is 1. The van der Waals surface area contributed by atoms with Crippen molar-refractivity contribution >= 4 is 29.0 Å². The van der Waals surface area contributed by atoms with Gasteiger partial charge in [-0.3, -0.25) is 4.79 Å². The molecular formula is C17H20N2O2S2. The monoisotopic (exact) mass is 348 g/mol. The minimum absolute atomic E-state index is 0.0564. The summed E-state index contributed by atoms with van der Waals surface area (Å²) in [5, 5.41) is 4.03. The molecule has 0 atom stereocenters. The fourth-order valence-electron chi connectivity index (χ4n) is 3.66. The SMILES string of the molecule is CSc1sc(C(=O)N2CCCC2)c2c1-c1oncc1C(C)(C)C2. The largest absolute Gasteiger partial charge is 0.356 e. The van der Waals surface area contributed by atoms with Gasteiger partial charge in [0.2, 0.25) is 0 Å². The zero-order valence-corrected chi connectivity index (χ0v) is 15.3. The maximum Gasteiger partial charge on any atom is 0.264 e. The maximum absolute atomic E-state index is 13.0. The molecule has 122 valence electrons. The molecule has 2 aromatic heterocycles. The molecule has 0 unspecified atom stereocenters. The third-order valence-electron chi connectivity index (χ3n) is 4.89. The molecule has 1 saturated heterocycles. The van der Waals surface area contributed by atoms with Crippen LogP contribution in [0.5, 0.6) is 0 Å². The summed E-state index contributed by atoms with van der Waals surface area (Å²) in [4.78, 5) is 15.9. The molecule has 0 N–H and O–H groups in total. The van der Waals surface area contributed by atoms with Gasteiger partial charge < -0.3 is 9.42 Å². The van der Waals surface area contributed by atoms with Crippen molar-refractivity contribution in [2.24, 2.45) is 0 Å². The van der Waals surface area contributed by atoms with Crippen LogP contribution >= 0.6 is 23.1 Å². The summed E-state index contributed by atoms with van der Waals surface area (Å²) in [6.07, 6.45) is 7.00. The Morgan fingerprint density at radius 3 is 2.83 bits per heavy atom. The normalized spacial score (nSPS) is 18.8. The Balaban J connectivity index is 1.88. The molecule has 4 nitrogen and oxygen atoms in total. The van der Waals surface area contributed by atoms with E-state index in [4.69, 9.17) is 4.52 Å². The predicted molar refractivity (Wildman–Crippen MR) is 93.5 cm³/mol. The highest BCUT2D eigenvalue weighted by atomic mass is 32.2. The minimum Gasteiger partial charge on any atom is -0.356 e. The highest BCUT2D eigenvalue weighted by molar-refractivity contribution is 8.00. The molecule has 4 rings (SSSR count). The molecule has 0 bridgehead atoms. The van der Waals surface area contributed by atoms with Crippen molar-refractivity contribution in [1.82, 2.24) is 10.1 Å². The van der Waals surface area contributed by atoms with Crippen LogP contribution in [-0.2, 0) is 11.8 Å². The number of carbonyl (C=O) groups is 1. The van der Waals surface area contributed by atoms with E-state index in [1.54, 1.807) is 23.1 Å². The number of nitrogens with zero attached hydrogens (tertiary/aromatic N) is 2. The summed E-state index contributed by atoms with van der Waals surface area (Å²) in [6.45, 7) is 6.17. The van der Waals surface area contributed by atoms with Crippen LogP contribution in [0.4, 0.5) is 0 Å². The summed E-state index contributed by atoms with van der Waals surface area (Å²) < 4.78 is 6.76. The Labute approximate surface area is 144 Å². The smallest absolute Gasteiger partial charge is 0.264 e. The van der Waals surface area contributed by atoms with Crippen LogP contribution in [-0.4, -0.2) is 35.3 Å². The summed E-state index contributed by atoms with van der Waals surface area (Å²) in [6, 6.07) is 0. The summed E-state index contributed by atoms with van der Waals surface area (Å²) in [5.74, 6) is 1.06. The van der Waals surface area contributed by atoms with E-state index in [1.165, 1.54) is 0 Å². The Morgan fingerprint density at radius 2 is 2.13 bits per heavy atom. The molecule has 1 amide bonds. The van der Waals surface area contributed by atoms with Crippen LogP contribution in [0, 0.1) is 0 Å².